The molecule has 3 N–H and O–H groups in total. The number of ether oxygens (including phenoxy) is 2. The Labute approximate surface area is 144 Å². The fraction of sp³-hybridized carbons (Fsp3) is 0.611. The predicted molar refractivity (Wildman–Crippen MR) is 95.6 cm³/mol. The molecule has 0 fully saturated rings. The van der Waals surface area contributed by atoms with Crippen molar-refractivity contribution >= 4 is 11.8 Å². The monoisotopic (exact) mass is 338 g/mol. The van der Waals surface area contributed by atoms with Crippen molar-refractivity contribution in [3.05, 3.63) is 24.3 Å². The number of hydrogen-bond acceptors (Lipinski definition) is 5. The maximum atomic E-state index is 11.7. The maximum Gasteiger partial charge on any atom is 0.411 e. The number of carbonyl (C=O) groups excluding carboxylic acids is 1. The Kier molecular flexibility index (Phi) is 9.88. The van der Waals surface area contributed by atoms with Gasteiger partial charge in [0.05, 0.1) is 6.61 Å². The molecular formula is C18H30N2O4. The van der Waals surface area contributed by atoms with Crippen LogP contribution < -0.4 is 15.4 Å². The standard InChI is InChI=1S/C18H30N2O4/c1-4-5-6-10-23-18(22)20-15-8-7-9-17(11-15)24-13-16(21)12-19-14(2)3/h7-9,11,14,16,19,21H,4-6,10,12-13H2,1-3H3,(H,20,22). The fourth-order valence-electron chi connectivity index (χ4n) is 1.96. The molecule has 6 nitrogen and oxygen atoms in total. The van der Waals surface area contributed by atoms with Crippen LogP contribution in [0, 0.1) is 0 Å². The minimum Gasteiger partial charge on any atom is -0.491 e. The van der Waals surface area contributed by atoms with Crippen molar-refractivity contribution in [2.75, 3.05) is 25.1 Å². The van der Waals surface area contributed by atoms with Crippen molar-refractivity contribution in [1.29, 1.82) is 0 Å². The summed E-state index contributed by atoms with van der Waals surface area (Å²) in [6.07, 6.45) is 1.94. The van der Waals surface area contributed by atoms with Crippen LogP contribution in [0.15, 0.2) is 24.3 Å². The van der Waals surface area contributed by atoms with E-state index in [1.807, 2.05) is 13.8 Å². The summed E-state index contributed by atoms with van der Waals surface area (Å²) in [5.41, 5.74) is 0.600. The molecule has 0 bridgehead atoms. The molecule has 1 aromatic rings. The average molecular weight is 338 g/mol. The zero-order chi connectivity index (χ0) is 17.8. The molecule has 0 aliphatic rings. The van der Waals surface area contributed by atoms with Crippen LogP contribution in [0.3, 0.4) is 0 Å². The van der Waals surface area contributed by atoms with Gasteiger partial charge in [-0.15, -0.1) is 0 Å². The van der Waals surface area contributed by atoms with Gasteiger partial charge >= 0.3 is 6.09 Å². The lowest BCUT2D eigenvalue weighted by atomic mass is 10.3. The summed E-state index contributed by atoms with van der Waals surface area (Å²) in [6, 6.07) is 7.34. The van der Waals surface area contributed by atoms with E-state index in [2.05, 4.69) is 17.6 Å². The van der Waals surface area contributed by atoms with Crippen molar-refractivity contribution < 1.29 is 19.4 Å². The zero-order valence-electron chi connectivity index (χ0n) is 14.9. The summed E-state index contributed by atoms with van der Waals surface area (Å²) in [5, 5.41) is 15.7. The smallest absolute Gasteiger partial charge is 0.411 e. The molecule has 1 aromatic carbocycles. The SMILES string of the molecule is CCCCCOC(=O)Nc1cccc(OCC(O)CNC(C)C)c1. The van der Waals surface area contributed by atoms with Crippen LogP contribution in [0.1, 0.15) is 40.0 Å². The van der Waals surface area contributed by atoms with Gasteiger partial charge in [-0.2, -0.15) is 0 Å². The van der Waals surface area contributed by atoms with Gasteiger partial charge < -0.3 is 19.9 Å². The van der Waals surface area contributed by atoms with Gasteiger partial charge in [0.25, 0.3) is 0 Å². The first-order chi connectivity index (χ1) is 11.5. The quantitative estimate of drug-likeness (QED) is 0.540. The maximum absolute atomic E-state index is 11.7. The second-order valence-electron chi connectivity index (χ2n) is 6.02. The lowest BCUT2D eigenvalue weighted by Crippen LogP contribution is -2.35. The number of nitrogens with one attached hydrogen (secondary N) is 2. The van der Waals surface area contributed by atoms with Gasteiger partial charge in [0, 0.05) is 24.3 Å². The summed E-state index contributed by atoms with van der Waals surface area (Å²) in [4.78, 5) is 11.7. The lowest BCUT2D eigenvalue weighted by Gasteiger charge is -2.15. The third-order valence-corrected chi connectivity index (χ3v) is 3.27. The predicted octanol–water partition coefficient (Wildman–Crippen LogP) is 3.16. The van der Waals surface area contributed by atoms with E-state index in [0.717, 1.165) is 19.3 Å². The van der Waals surface area contributed by atoms with E-state index in [1.54, 1.807) is 24.3 Å². The van der Waals surface area contributed by atoms with E-state index in [0.29, 0.717) is 30.6 Å². The Morgan fingerprint density at radius 2 is 2.08 bits per heavy atom. The van der Waals surface area contributed by atoms with Gasteiger partial charge in [0.15, 0.2) is 0 Å². The normalized spacial score (nSPS) is 12.0. The lowest BCUT2D eigenvalue weighted by molar-refractivity contribution is 0.104. The molecule has 1 rings (SSSR count). The number of rotatable bonds is 11. The van der Waals surface area contributed by atoms with Crippen LogP contribution in [0.2, 0.25) is 0 Å². The van der Waals surface area contributed by atoms with E-state index >= 15 is 0 Å². The highest BCUT2D eigenvalue weighted by molar-refractivity contribution is 5.84. The van der Waals surface area contributed by atoms with Crippen LogP contribution in [-0.4, -0.2) is 43.1 Å². The molecule has 0 saturated heterocycles. The number of hydrogen-bond donors (Lipinski definition) is 3. The first-order valence-corrected chi connectivity index (χ1v) is 8.59. The second kappa shape index (κ2) is 11.7. The number of aliphatic hydroxyl groups is 1. The molecule has 136 valence electrons. The molecule has 1 atom stereocenters. The van der Waals surface area contributed by atoms with Gasteiger partial charge in [-0.05, 0) is 18.6 Å². The van der Waals surface area contributed by atoms with Gasteiger partial charge in [0.1, 0.15) is 18.5 Å². The highest BCUT2D eigenvalue weighted by Crippen LogP contribution is 2.17. The molecule has 1 unspecified atom stereocenters. The molecule has 0 aliphatic heterocycles. The van der Waals surface area contributed by atoms with Crippen LogP contribution in [0.25, 0.3) is 0 Å². The topological polar surface area (TPSA) is 79.8 Å². The second-order valence-corrected chi connectivity index (χ2v) is 6.02. The van der Waals surface area contributed by atoms with Crippen molar-refractivity contribution in [2.24, 2.45) is 0 Å². The molecule has 0 aliphatic carbocycles. The molecule has 24 heavy (non-hydrogen) atoms. The van der Waals surface area contributed by atoms with Gasteiger partial charge in [-0.25, -0.2) is 4.79 Å². The van der Waals surface area contributed by atoms with Crippen LogP contribution in [0.5, 0.6) is 5.75 Å². The molecule has 1 amide bonds. The third-order valence-electron chi connectivity index (χ3n) is 3.27. The highest BCUT2D eigenvalue weighted by Gasteiger charge is 2.07. The van der Waals surface area contributed by atoms with Crippen LogP contribution in [-0.2, 0) is 4.74 Å². The molecule has 0 spiro atoms. The summed E-state index contributed by atoms with van der Waals surface area (Å²) in [6.45, 7) is 7.21. The van der Waals surface area contributed by atoms with E-state index in [9.17, 15) is 9.90 Å². The Hall–Kier alpha value is -1.79. The van der Waals surface area contributed by atoms with Gasteiger partial charge in [-0.1, -0.05) is 39.7 Å². The average Bonchev–Trinajstić information content (AvgIpc) is 2.55. The number of unbranched alkanes of at least 4 members (excludes halogenated alkanes) is 2. The molecule has 0 saturated carbocycles. The molecule has 0 radical (unpaired) electrons. The van der Waals surface area contributed by atoms with Crippen LogP contribution in [0.4, 0.5) is 10.5 Å². The summed E-state index contributed by atoms with van der Waals surface area (Å²) < 4.78 is 10.7. The number of anilines is 1. The number of aliphatic hydroxyl groups excluding tert-OH is 1. The van der Waals surface area contributed by atoms with Crippen molar-refractivity contribution in [3.63, 3.8) is 0 Å². The number of carbonyl (C=O) groups is 1. The molecule has 6 heteroatoms. The molecular weight excluding hydrogens is 308 g/mol. The largest absolute Gasteiger partial charge is 0.491 e. The minimum atomic E-state index is -0.590. The first kappa shape index (κ1) is 20.3. The Morgan fingerprint density at radius 3 is 2.79 bits per heavy atom. The molecule has 0 aromatic heterocycles. The zero-order valence-corrected chi connectivity index (χ0v) is 14.9. The summed E-state index contributed by atoms with van der Waals surface area (Å²) >= 11 is 0. The Morgan fingerprint density at radius 1 is 1.29 bits per heavy atom. The van der Waals surface area contributed by atoms with E-state index in [4.69, 9.17) is 9.47 Å². The third kappa shape index (κ3) is 9.37. The van der Waals surface area contributed by atoms with Gasteiger partial charge in [-0.3, -0.25) is 5.32 Å². The molecule has 0 heterocycles. The van der Waals surface area contributed by atoms with Crippen LogP contribution >= 0.6 is 0 Å². The van der Waals surface area contributed by atoms with Gasteiger partial charge in [0.2, 0.25) is 0 Å². The minimum absolute atomic E-state index is 0.185. The Bertz CT molecular complexity index is 480. The van der Waals surface area contributed by atoms with Crippen molar-refractivity contribution in [2.45, 2.75) is 52.2 Å². The highest BCUT2D eigenvalue weighted by atomic mass is 16.5. The number of amides is 1. The summed E-state index contributed by atoms with van der Waals surface area (Å²) in [5.74, 6) is 0.586. The number of benzene rings is 1. The van der Waals surface area contributed by atoms with E-state index in [1.165, 1.54) is 0 Å². The fourth-order valence-corrected chi connectivity index (χ4v) is 1.96. The first-order valence-electron chi connectivity index (χ1n) is 8.59. The van der Waals surface area contributed by atoms with E-state index < -0.39 is 12.2 Å². The Balaban J connectivity index is 2.36. The van der Waals surface area contributed by atoms with Crippen molar-refractivity contribution in [1.82, 2.24) is 5.32 Å². The summed E-state index contributed by atoms with van der Waals surface area (Å²) in [7, 11) is 0. The van der Waals surface area contributed by atoms with E-state index in [-0.39, 0.29) is 6.61 Å². The van der Waals surface area contributed by atoms with Crippen molar-refractivity contribution in [3.8, 4) is 5.75 Å².